The second-order valence-corrected chi connectivity index (χ2v) is 7.47. The monoisotopic (exact) mass is 479 g/mol. The number of aromatic nitrogens is 2. The predicted octanol–water partition coefficient (Wildman–Crippen LogP) is 4.23. The van der Waals surface area contributed by atoms with Crippen LogP contribution < -0.4 is 20.5 Å². The van der Waals surface area contributed by atoms with Gasteiger partial charge in [-0.15, -0.1) is 0 Å². The highest BCUT2D eigenvalue weighted by Gasteiger charge is 2.18. The van der Waals surface area contributed by atoms with Crippen LogP contribution >= 0.6 is 15.9 Å². The molecule has 8 heteroatoms. The number of benzene rings is 3. The SMILES string of the molecule is COc1cccc(-c2nc3ccccc3c(=O)n2NC(=O)c2cc(OC)ccc2Br)c1. The molecule has 1 N–H and O–H groups in total. The molecular weight excluding hydrogens is 462 g/mol. The fourth-order valence-electron chi connectivity index (χ4n) is 3.16. The largest absolute Gasteiger partial charge is 0.497 e. The van der Waals surface area contributed by atoms with Crippen molar-refractivity contribution in [3.8, 4) is 22.9 Å². The van der Waals surface area contributed by atoms with Crippen LogP contribution in [0, 0.1) is 0 Å². The highest BCUT2D eigenvalue weighted by Crippen LogP contribution is 2.25. The van der Waals surface area contributed by atoms with E-state index in [0.29, 0.717) is 38.0 Å². The first-order valence-corrected chi connectivity index (χ1v) is 10.1. The summed E-state index contributed by atoms with van der Waals surface area (Å²) < 4.78 is 12.2. The number of carbonyl (C=O) groups is 1. The molecule has 0 radical (unpaired) electrons. The Kier molecular flexibility index (Phi) is 5.73. The number of nitrogens with zero attached hydrogens (tertiary/aromatic N) is 2. The van der Waals surface area contributed by atoms with Crippen molar-refractivity contribution in [3.63, 3.8) is 0 Å². The van der Waals surface area contributed by atoms with E-state index in [2.05, 4.69) is 26.3 Å². The van der Waals surface area contributed by atoms with Crippen molar-refractivity contribution < 1.29 is 14.3 Å². The summed E-state index contributed by atoms with van der Waals surface area (Å²) in [5.74, 6) is 0.919. The molecule has 0 bridgehead atoms. The van der Waals surface area contributed by atoms with Crippen LogP contribution in [0.1, 0.15) is 10.4 Å². The van der Waals surface area contributed by atoms with Crippen molar-refractivity contribution in [1.82, 2.24) is 9.66 Å². The average Bonchev–Trinajstić information content (AvgIpc) is 2.81. The Morgan fingerprint density at radius 2 is 1.71 bits per heavy atom. The Labute approximate surface area is 186 Å². The number of methoxy groups -OCH3 is 2. The number of rotatable bonds is 5. The van der Waals surface area contributed by atoms with Crippen LogP contribution in [0.15, 0.2) is 76.0 Å². The molecular formula is C23H18BrN3O4. The van der Waals surface area contributed by atoms with Crippen molar-refractivity contribution in [1.29, 1.82) is 0 Å². The van der Waals surface area contributed by atoms with Crippen LogP contribution in [0.2, 0.25) is 0 Å². The molecule has 0 spiro atoms. The van der Waals surface area contributed by atoms with Crippen molar-refractivity contribution in [3.05, 3.63) is 87.1 Å². The molecule has 0 saturated carbocycles. The molecule has 3 aromatic carbocycles. The molecule has 0 aliphatic carbocycles. The molecule has 156 valence electrons. The average molecular weight is 480 g/mol. The number of fused-ring (bicyclic) bond motifs is 1. The number of ether oxygens (including phenoxy) is 2. The highest BCUT2D eigenvalue weighted by atomic mass is 79.9. The number of nitrogens with one attached hydrogen (secondary N) is 1. The maximum Gasteiger partial charge on any atom is 0.280 e. The minimum Gasteiger partial charge on any atom is -0.497 e. The van der Waals surface area contributed by atoms with Gasteiger partial charge in [-0.3, -0.25) is 15.0 Å². The number of para-hydroxylation sites is 1. The fraction of sp³-hybridized carbons (Fsp3) is 0.0870. The first kappa shape index (κ1) is 20.6. The molecule has 0 saturated heterocycles. The quantitative estimate of drug-likeness (QED) is 0.463. The summed E-state index contributed by atoms with van der Waals surface area (Å²) in [5.41, 5.74) is 3.76. The predicted molar refractivity (Wildman–Crippen MR) is 122 cm³/mol. The second kappa shape index (κ2) is 8.61. The summed E-state index contributed by atoms with van der Waals surface area (Å²) >= 11 is 3.38. The van der Waals surface area contributed by atoms with Gasteiger partial charge >= 0.3 is 0 Å². The standard InChI is InChI=1S/C23H18BrN3O4/c1-30-15-7-5-6-14(12-15)21-25-20-9-4-3-8-17(20)23(29)27(21)26-22(28)18-13-16(31-2)10-11-19(18)24/h3-13H,1-2H3,(H,26,28). The smallest absolute Gasteiger partial charge is 0.280 e. The molecule has 0 fully saturated rings. The molecule has 0 aliphatic heterocycles. The van der Waals surface area contributed by atoms with E-state index in [4.69, 9.17) is 9.47 Å². The van der Waals surface area contributed by atoms with Gasteiger partial charge in [0.2, 0.25) is 0 Å². The zero-order valence-electron chi connectivity index (χ0n) is 16.8. The van der Waals surface area contributed by atoms with Gasteiger partial charge in [0.1, 0.15) is 11.5 Å². The van der Waals surface area contributed by atoms with Gasteiger partial charge in [0.05, 0.1) is 30.7 Å². The zero-order chi connectivity index (χ0) is 22.0. The van der Waals surface area contributed by atoms with Gasteiger partial charge in [0.15, 0.2) is 5.82 Å². The van der Waals surface area contributed by atoms with Gasteiger partial charge in [-0.2, -0.15) is 4.68 Å². The van der Waals surface area contributed by atoms with Gasteiger partial charge in [-0.1, -0.05) is 24.3 Å². The summed E-state index contributed by atoms with van der Waals surface area (Å²) in [4.78, 5) is 31.0. The number of halogens is 1. The van der Waals surface area contributed by atoms with E-state index in [-0.39, 0.29) is 5.82 Å². The Balaban J connectivity index is 1.89. The van der Waals surface area contributed by atoms with Crippen LogP contribution in [-0.4, -0.2) is 29.8 Å². The van der Waals surface area contributed by atoms with Crippen molar-refractivity contribution >= 4 is 32.7 Å². The van der Waals surface area contributed by atoms with Gasteiger partial charge in [-0.25, -0.2) is 4.98 Å². The summed E-state index contributed by atoms with van der Waals surface area (Å²) in [7, 11) is 3.08. The minimum atomic E-state index is -0.492. The number of amides is 1. The molecule has 0 unspecified atom stereocenters. The Hall–Kier alpha value is -3.65. The van der Waals surface area contributed by atoms with E-state index >= 15 is 0 Å². The van der Waals surface area contributed by atoms with Crippen LogP contribution in [0.25, 0.3) is 22.3 Å². The molecule has 4 rings (SSSR count). The van der Waals surface area contributed by atoms with Gasteiger partial charge in [0.25, 0.3) is 11.5 Å². The first-order valence-electron chi connectivity index (χ1n) is 9.33. The topological polar surface area (TPSA) is 82.5 Å². The van der Waals surface area contributed by atoms with E-state index in [0.717, 1.165) is 4.68 Å². The lowest BCUT2D eigenvalue weighted by atomic mass is 10.1. The van der Waals surface area contributed by atoms with Crippen molar-refractivity contribution in [2.75, 3.05) is 19.6 Å². The third-order valence-electron chi connectivity index (χ3n) is 4.74. The number of hydrogen-bond donors (Lipinski definition) is 1. The Bertz CT molecular complexity index is 1350. The van der Waals surface area contributed by atoms with E-state index in [9.17, 15) is 9.59 Å². The molecule has 1 heterocycles. The van der Waals surface area contributed by atoms with E-state index in [1.54, 1.807) is 73.8 Å². The Morgan fingerprint density at radius 3 is 2.48 bits per heavy atom. The molecule has 31 heavy (non-hydrogen) atoms. The van der Waals surface area contributed by atoms with Gasteiger partial charge in [0, 0.05) is 10.0 Å². The van der Waals surface area contributed by atoms with E-state index in [1.807, 2.05) is 0 Å². The van der Waals surface area contributed by atoms with E-state index < -0.39 is 11.5 Å². The molecule has 0 atom stereocenters. The second-order valence-electron chi connectivity index (χ2n) is 6.61. The normalized spacial score (nSPS) is 10.7. The van der Waals surface area contributed by atoms with Crippen molar-refractivity contribution in [2.45, 2.75) is 0 Å². The molecule has 4 aromatic rings. The highest BCUT2D eigenvalue weighted by molar-refractivity contribution is 9.10. The third kappa shape index (κ3) is 4.02. The Morgan fingerprint density at radius 1 is 0.968 bits per heavy atom. The lowest BCUT2D eigenvalue weighted by Crippen LogP contribution is -2.35. The zero-order valence-corrected chi connectivity index (χ0v) is 18.3. The van der Waals surface area contributed by atoms with E-state index in [1.165, 1.54) is 7.11 Å². The number of carbonyl (C=O) groups excluding carboxylic acids is 1. The number of hydrogen-bond acceptors (Lipinski definition) is 5. The van der Waals surface area contributed by atoms with Crippen LogP contribution in [0.3, 0.4) is 0 Å². The van der Waals surface area contributed by atoms with Crippen LogP contribution in [-0.2, 0) is 0 Å². The first-order chi connectivity index (χ1) is 15.0. The maximum absolute atomic E-state index is 13.3. The maximum atomic E-state index is 13.3. The lowest BCUT2D eigenvalue weighted by molar-refractivity contribution is 0.101. The molecule has 1 amide bonds. The summed E-state index contributed by atoms with van der Waals surface area (Å²) in [6, 6.07) is 19.1. The third-order valence-corrected chi connectivity index (χ3v) is 5.43. The fourth-order valence-corrected chi connectivity index (χ4v) is 3.59. The van der Waals surface area contributed by atoms with Gasteiger partial charge in [-0.05, 0) is 58.4 Å². The summed E-state index contributed by atoms with van der Waals surface area (Å²) in [6.45, 7) is 0. The molecule has 0 aliphatic rings. The molecule has 1 aromatic heterocycles. The molecule has 7 nitrogen and oxygen atoms in total. The lowest BCUT2D eigenvalue weighted by Gasteiger charge is -2.16. The summed E-state index contributed by atoms with van der Waals surface area (Å²) in [6.07, 6.45) is 0. The van der Waals surface area contributed by atoms with Crippen LogP contribution in [0.5, 0.6) is 11.5 Å². The van der Waals surface area contributed by atoms with Crippen molar-refractivity contribution in [2.24, 2.45) is 0 Å². The summed E-state index contributed by atoms with van der Waals surface area (Å²) in [5, 5.41) is 0.388. The minimum absolute atomic E-state index is 0.287. The van der Waals surface area contributed by atoms with Crippen LogP contribution in [0.4, 0.5) is 0 Å². The van der Waals surface area contributed by atoms with Gasteiger partial charge < -0.3 is 9.47 Å².